The molecule has 3 unspecified atom stereocenters. The van der Waals surface area contributed by atoms with Crippen LogP contribution in [-0.4, -0.2) is 23.1 Å². The summed E-state index contributed by atoms with van der Waals surface area (Å²) in [5.41, 5.74) is 0. The Morgan fingerprint density at radius 1 is 1.24 bits per heavy atom. The largest absolute Gasteiger partial charge is 0.372 e. The van der Waals surface area contributed by atoms with Crippen LogP contribution in [0.3, 0.4) is 0 Å². The second-order valence-electron chi connectivity index (χ2n) is 4.80. The molecule has 4 nitrogen and oxygen atoms in total. The number of hydrogen-bond donors (Lipinski definition) is 2. The quantitative estimate of drug-likeness (QED) is 0.900. The van der Waals surface area contributed by atoms with Crippen molar-refractivity contribution in [1.29, 1.82) is 0 Å². The summed E-state index contributed by atoms with van der Waals surface area (Å²) in [7, 11) is 1.86. The molecule has 1 fully saturated rings. The van der Waals surface area contributed by atoms with Gasteiger partial charge in [0.1, 0.15) is 22.4 Å². The first-order valence-electron chi connectivity index (χ1n) is 6.08. The Morgan fingerprint density at radius 2 is 1.94 bits per heavy atom. The van der Waals surface area contributed by atoms with Crippen molar-refractivity contribution in [3.63, 3.8) is 0 Å². The first-order chi connectivity index (χ1) is 8.13. The minimum Gasteiger partial charge on any atom is -0.372 e. The van der Waals surface area contributed by atoms with E-state index in [-0.39, 0.29) is 0 Å². The molecule has 1 aliphatic rings. The van der Waals surface area contributed by atoms with Crippen LogP contribution in [0.1, 0.15) is 26.7 Å². The summed E-state index contributed by atoms with van der Waals surface area (Å²) in [5.74, 6) is 3.18. The van der Waals surface area contributed by atoms with E-state index < -0.39 is 0 Å². The van der Waals surface area contributed by atoms with Crippen molar-refractivity contribution in [2.75, 3.05) is 17.7 Å². The van der Waals surface area contributed by atoms with Crippen LogP contribution in [0.5, 0.6) is 0 Å². The number of hydrogen-bond acceptors (Lipinski definition) is 4. The van der Waals surface area contributed by atoms with Crippen molar-refractivity contribution in [3.8, 4) is 0 Å². The fourth-order valence-corrected chi connectivity index (χ4v) is 2.91. The fourth-order valence-electron chi connectivity index (χ4n) is 2.39. The SMILES string of the molecule is CNc1ncnc(NC2CCC(C)C2C)c1Br. The van der Waals surface area contributed by atoms with Gasteiger partial charge in [-0.25, -0.2) is 9.97 Å². The van der Waals surface area contributed by atoms with Crippen molar-refractivity contribution < 1.29 is 0 Å². The molecule has 1 saturated carbocycles. The van der Waals surface area contributed by atoms with E-state index in [1.807, 2.05) is 7.05 Å². The number of nitrogens with one attached hydrogen (secondary N) is 2. The minimum absolute atomic E-state index is 0.515. The molecule has 0 radical (unpaired) electrons. The molecule has 0 saturated heterocycles. The molecule has 1 aliphatic carbocycles. The number of halogens is 1. The standard InChI is InChI=1S/C12H19BrN4/c1-7-4-5-9(8(7)2)17-12-10(13)11(14-3)15-6-16-12/h6-9H,4-5H2,1-3H3,(H2,14,15,16,17). The Morgan fingerprint density at radius 3 is 2.53 bits per heavy atom. The monoisotopic (exact) mass is 298 g/mol. The Bertz CT molecular complexity index is 396. The van der Waals surface area contributed by atoms with E-state index in [4.69, 9.17) is 0 Å². The number of anilines is 2. The molecule has 2 N–H and O–H groups in total. The van der Waals surface area contributed by atoms with Crippen LogP contribution in [0.4, 0.5) is 11.6 Å². The predicted octanol–water partition coefficient (Wildman–Crippen LogP) is 3.13. The van der Waals surface area contributed by atoms with Gasteiger partial charge in [0.15, 0.2) is 0 Å². The van der Waals surface area contributed by atoms with E-state index in [1.54, 1.807) is 6.33 Å². The predicted molar refractivity (Wildman–Crippen MR) is 74.3 cm³/mol. The first-order valence-corrected chi connectivity index (χ1v) is 6.87. The summed E-state index contributed by atoms with van der Waals surface area (Å²) in [6, 6.07) is 0.515. The van der Waals surface area contributed by atoms with Gasteiger partial charge >= 0.3 is 0 Å². The Kier molecular flexibility index (Phi) is 3.86. The summed E-state index contributed by atoms with van der Waals surface area (Å²) in [5, 5.41) is 6.57. The van der Waals surface area contributed by atoms with Crippen molar-refractivity contribution in [3.05, 3.63) is 10.8 Å². The van der Waals surface area contributed by atoms with Crippen LogP contribution in [0.2, 0.25) is 0 Å². The molecule has 0 aromatic carbocycles. The lowest BCUT2D eigenvalue weighted by molar-refractivity contribution is 0.435. The highest BCUT2D eigenvalue weighted by Crippen LogP contribution is 2.35. The third-order valence-corrected chi connectivity index (χ3v) is 4.56. The number of nitrogens with zero attached hydrogens (tertiary/aromatic N) is 2. The molecule has 5 heteroatoms. The second kappa shape index (κ2) is 5.21. The molecule has 1 aromatic heterocycles. The van der Waals surface area contributed by atoms with Crippen LogP contribution >= 0.6 is 15.9 Å². The lowest BCUT2D eigenvalue weighted by Crippen LogP contribution is -2.25. The lowest BCUT2D eigenvalue weighted by atomic mass is 9.98. The molecule has 1 heterocycles. The molecule has 0 bridgehead atoms. The highest BCUT2D eigenvalue weighted by Gasteiger charge is 2.30. The van der Waals surface area contributed by atoms with E-state index in [0.717, 1.165) is 22.0 Å². The van der Waals surface area contributed by atoms with Crippen LogP contribution in [0.15, 0.2) is 10.8 Å². The molecule has 1 aromatic rings. The van der Waals surface area contributed by atoms with Crippen LogP contribution in [-0.2, 0) is 0 Å². The maximum absolute atomic E-state index is 4.30. The number of rotatable bonds is 3. The zero-order valence-corrected chi connectivity index (χ0v) is 12.1. The van der Waals surface area contributed by atoms with Crippen molar-refractivity contribution >= 4 is 27.6 Å². The zero-order chi connectivity index (χ0) is 12.4. The van der Waals surface area contributed by atoms with Crippen molar-refractivity contribution in [1.82, 2.24) is 9.97 Å². The first kappa shape index (κ1) is 12.6. The maximum Gasteiger partial charge on any atom is 0.146 e. The Balaban J connectivity index is 2.14. The van der Waals surface area contributed by atoms with Crippen LogP contribution < -0.4 is 10.6 Å². The van der Waals surface area contributed by atoms with Crippen LogP contribution in [0, 0.1) is 11.8 Å². The smallest absolute Gasteiger partial charge is 0.146 e. The molecule has 3 atom stereocenters. The van der Waals surface area contributed by atoms with Gasteiger partial charge < -0.3 is 10.6 Å². The molecule has 94 valence electrons. The van der Waals surface area contributed by atoms with Gasteiger partial charge in [-0.3, -0.25) is 0 Å². The van der Waals surface area contributed by atoms with E-state index in [1.165, 1.54) is 12.8 Å². The summed E-state index contributed by atoms with van der Waals surface area (Å²) >= 11 is 3.53. The average Bonchev–Trinajstić information content (AvgIpc) is 2.64. The average molecular weight is 299 g/mol. The zero-order valence-electron chi connectivity index (χ0n) is 10.5. The van der Waals surface area contributed by atoms with Gasteiger partial charge in [0, 0.05) is 13.1 Å². The van der Waals surface area contributed by atoms with Gasteiger partial charge in [0.2, 0.25) is 0 Å². The molecule has 0 amide bonds. The Hall–Kier alpha value is -0.840. The fraction of sp³-hybridized carbons (Fsp3) is 0.667. The van der Waals surface area contributed by atoms with Gasteiger partial charge in [-0.2, -0.15) is 0 Å². The molecule has 0 spiro atoms. The normalized spacial score (nSPS) is 28.1. The molecular weight excluding hydrogens is 280 g/mol. The van der Waals surface area contributed by atoms with E-state index in [0.29, 0.717) is 12.0 Å². The highest BCUT2D eigenvalue weighted by atomic mass is 79.9. The molecule has 2 rings (SSSR count). The third-order valence-electron chi connectivity index (χ3n) is 3.81. The van der Waals surface area contributed by atoms with E-state index in [2.05, 4.69) is 50.4 Å². The summed E-state index contributed by atoms with van der Waals surface area (Å²) < 4.78 is 0.911. The van der Waals surface area contributed by atoms with Gasteiger partial charge in [-0.15, -0.1) is 0 Å². The highest BCUT2D eigenvalue weighted by molar-refractivity contribution is 9.10. The minimum atomic E-state index is 0.515. The van der Waals surface area contributed by atoms with Gasteiger partial charge in [-0.05, 0) is 40.6 Å². The molecular formula is C12H19BrN4. The third kappa shape index (κ3) is 2.54. The summed E-state index contributed by atoms with van der Waals surface area (Å²) in [6.07, 6.45) is 4.09. The van der Waals surface area contributed by atoms with Gasteiger partial charge in [0.05, 0.1) is 0 Å². The van der Waals surface area contributed by atoms with Crippen molar-refractivity contribution in [2.45, 2.75) is 32.7 Å². The number of aromatic nitrogens is 2. The van der Waals surface area contributed by atoms with Crippen LogP contribution in [0.25, 0.3) is 0 Å². The Labute approximate surface area is 111 Å². The summed E-state index contributed by atoms with van der Waals surface area (Å²) in [6.45, 7) is 4.63. The van der Waals surface area contributed by atoms with Crippen molar-refractivity contribution in [2.24, 2.45) is 11.8 Å². The second-order valence-corrected chi connectivity index (χ2v) is 5.59. The van der Waals surface area contributed by atoms with Gasteiger partial charge in [-0.1, -0.05) is 13.8 Å². The summed E-state index contributed by atoms with van der Waals surface area (Å²) in [4.78, 5) is 8.46. The topological polar surface area (TPSA) is 49.8 Å². The van der Waals surface area contributed by atoms with Gasteiger partial charge in [0.25, 0.3) is 0 Å². The molecule has 17 heavy (non-hydrogen) atoms. The van der Waals surface area contributed by atoms with E-state index >= 15 is 0 Å². The van der Waals surface area contributed by atoms with E-state index in [9.17, 15) is 0 Å². The molecule has 0 aliphatic heterocycles. The lowest BCUT2D eigenvalue weighted by Gasteiger charge is -2.21. The maximum atomic E-state index is 4.30.